The van der Waals surface area contributed by atoms with Gasteiger partial charge in [0.05, 0.1) is 22.2 Å². The first kappa shape index (κ1) is 20.4. The maximum Gasteiger partial charge on any atom is 0.321 e. The van der Waals surface area contributed by atoms with Crippen molar-refractivity contribution in [1.82, 2.24) is 10.3 Å². The Morgan fingerprint density at radius 2 is 2.10 bits per heavy atom. The molecule has 2 amide bonds. The zero-order chi connectivity index (χ0) is 21.3. The number of ether oxygens (including phenoxy) is 1. The number of carbonyl (C=O) groups excluding carboxylic acids is 1. The van der Waals surface area contributed by atoms with Crippen LogP contribution in [0, 0.1) is 0 Å². The lowest BCUT2D eigenvalue weighted by Crippen LogP contribution is -2.39. The Labute approximate surface area is 178 Å². The highest BCUT2D eigenvalue weighted by molar-refractivity contribution is 7.93. The van der Waals surface area contributed by atoms with Crippen LogP contribution >= 0.6 is 11.3 Å². The van der Waals surface area contributed by atoms with E-state index in [1.54, 1.807) is 36.3 Å². The molecule has 10 heteroatoms. The van der Waals surface area contributed by atoms with Crippen LogP contribution in [0.25, 0.3) is 10.2 Å². The number of urea groups is 1. The summed E-state index contributed by atoms with van der Waals surface area (Å²) in [6, 6.07) is 10.1. The lowest BCUT2D eigenvalue weighted by atomic mass is 10.2. The number of fused-ring (bicyclic) bond motifs is 2. The van der Waals surface area contributed by atoms with Gasteiger partial charge < -0.3 is 10.1 Å². The van der Waals surface area contributed by atoms with Gasteiger partial charge in [-0.2, -0.15) is 0 Å². The third-order valence-electron chi connectivity index (χ3n) is 4.85. The number of amides is 2. The summed E-state index contributed by atoms with van der Waals surface area (Å²) in [4.78, 5) is 18.4. The Kier molecular flexibility index (Phi) is 5.52. The van der Waals surface area contributed by atoms with Crippen LogP contribution in [0.4, 0.5) is 15.6 Å². The molecule has 0 radical (unpaired) electrons. The number of hydrogen-bond acceptors (Lipinski definition) is 6. The zero-order valence-electron chi connectivity index (χ0n) is 16.6. The number of thiazole rings is 1. The van der Waals surface area contributed by atoms with Crippen LogP contribution in [-0.4, -0.2) is 39.6 Å². The molecule has 2 heterocycles. The first-order chi connectivity index (χ1) is 14.4. The number of nitrogens with one attached hydrogen (secondary N) is 2. The number of rotatable bonds is 6. The molecule has 2 aromatic carbocycles. The van der Waals surface area contributed by atoms with Crippen LogP contribution in [-0.2, 0) is 16.4 Å². The Morgan fingerprint density at radius 1 is 1.27 bits per heavy atom. The fraction of sp³-hybridized carbons (Fsp3) is 0.300. The van der Waals surface area contributed by atoms with Crippen LogP contribution < -0.4 is 19.7 Å². The van der Waals surface area contributed by atoms with Crippen LogP contribution in [0.2, 0.25) is 0 Å². The molecular weight excluding hydrogens is 424 g/mol. The summed E-state index contributed by atoms with van der Waals surface area (Å²) >= 11 is 1.24. The molecule has 0 fully saturated rings. The number of nitrogens with zero attached hydrogens (tertiary/aromatic N) is 2. The predicted octanol–water partition coefficient (Wildman–Crippen LogP) is 3.59. The highest BCUT2D eigenvalue weighted by Gasteiger charge is 2.27. The third kappa shape index (κ3) is 3.92. The van der Waals surface area contributed by atoms with Crippen molar-refractivity contribution >= 4 is 48.4 Å². The van der Waals surface area contributed by atoms with Gasteiger partial charge in [0, 0.05) is 18.8 Å². The van der Waals surface area contributed by atoms with Gasteiger partial charge in [0.2, 0.25) is 0 Å². The van der Waals surface area contributed by atoms with E-state index in [-0.39, 0.29) is 10.9 Å². The van der Waals surface area contributed by atoms with Crippen molar-refractivity contribution in [3.8, 4) is 5.75 Å². The smallest absolute Gasteiger partial charge is 0.321 e. The summed E-state index contributed by atoms with van der Waals surface area (Å²) in [6.07, 6.45) is 1.47. The summed E-state index contributed by atoms with van der Waals surface area (Å²) in [5.41, 5.74) is 2.27. The molecule has 0 aliphatic carbocycles. The largest absolute Gasteiger partial charge is 0.497 e. The molecule has 1 aliphatic rings. The van der Waals surface area contributed by atoms with Gasteiger partial charge in [0.15, 0.2) is 5.13 Å². The maximum atomic E-state index is 12.9. The highest BCUT2D eigenvalue weighted by atomic mass is 32.2. The maximum absolute atomic E-state index is 12.9. The van der Waals surface area contributed by atoms with Crippen molar-refractivity contribution in [3.63, 3.8) is 0 Å². The van der Waals surface area contributed by atoms with Crippen LogP contribution in [0.5, 0.6) is 5.75 Å². The van der Waals surface area contributed by atoms with Gasteiger partial charge in [0.25, 0.3) is 10.0 Å². The topological polar surface area (TPSA) is 101 Å². The van der Waals surface area contributed by atoms with Crippen LogP contribution in [0.3, 0.4) is 0 Å². The van der Waals surface area contributed by atoms with Crippen molar-refractivity contribution in [1.29, 1.82) is 0 Å². The van der Waals surface area contributed by atoms with E-state index in [9.17, 15) is 13.2 Å². The third-order valence-corrected chi connectivity index (χ3v) is 7.24. The molecule has 8 nitrogen and oxygen atoms in total. The van der Waals surface area contributed by atoms with Gasteiger partial charge in [-0.15, -0.1) is 0 Å². The molecule has 0 bridgehead atoms. The van der Waals surface area contributed by atoms with Gasteiger partial charge in [-0.1, -0.05) is 18.3 Å². The van der Waals surface area contributed by atoms with Gasteiger partial charge >= 0.3 is 6.03 Å². The SMILES string of the molecule is CCCNC(=O)N1CCc2cc(S(=O)(=O)Nc3nc4ccc(OC)cc4s3)ccc21. The van der Waals surface area contributed by atoms with E-state index in [2.05, 4.69) is 15.0 Å². The molecule has 0 atom stereocenters. The minimum Gasteiger partial charge on any atom is -0.497 e. The number of anilines is 2. The zero-order valence-corrected chi connectivity index (χ0v) is 18.3. The Bertz CT molecular complexity index is 1210. The van der Waals surface area contributed by atoms with Gasteiger partial charge in [0.1, 0.15) is 5.75 Å². The van der Waals surface area contributed by atoms with Gasteiger partial charge in [-0.25, -0.2) is 18.2 Å². The molecule has 0 saturated heterocycles. The summed E-state index contributed by atoms with van der Waals surface area (Å²) in [6.45, 7) is 3.13. The van der Waals surface area contributed by atoms with Crippen molar-refractivity contribution < 1.29 is 17.9 Å². The molecule has 0 saturated carbocycles. The number of benzene rings is 2. The minimum atomic E-state index is -3.80. The molecule has 0 unspecified atom stereocenters. The second kappa shape index (κ2) is 8.11. The predicted molar refractivity (Wildman–Crippen MR) is 118 cm³/mol. The molecule has 1 aromatic heterocycles. The van der Waals surface area contributed by atoms with Crippen molar-refractivity contribution in [2.45, 2.75) is 24.7 Å². The van der Waals surface area contributed by atoms with Gasteiger partial charge in [-0.3, -0.25) is 9.62 Å². The van der Waals surface area contributed by atoms with Crippen molar-refractivity contribution in [3.05, 3.63) is 42.0 Å². The lowest BCUT2D eigenvalue weighted by Gasteiger charge is -2.18. The molecule has 1 aliphatic heterocycles. The molecular formula is C20H22N4O4S2. The average molecular weight is 447 g/mol. The van der Waals surface area contributed by atoms with Crippen LogP contribution in [0.1, 0.15) is 18.9 Å². The average Bonchev–Trinajstić information content (AvgIpc) is 3.33. The van der Waals surface area contributed by atoms with Crippen LogP contribution in [0.15, 0.2) is 41.3 Å². The first-order valence-corrected chi connectivity index (χ1v) is 11.9. The quantitative estimate of drug-likeness (QED) is 0.603. The second-order valence-corrected chi connectivity index (χ2v) is 9.60. The summed E-state index contributed by atoms with van der Waals surface area (Å²) in [5.74, 6) is 0.687. The molecule has 158 valence electrons. The van der Waals surface area contributed by atoms with E-state index < -0.39 is 10.0 Å². The van der Waals surface area contributed by atoms with Crippen molar-refractivity contribution in [2.24, 2.45) is 0 Å². The number of methoxy groups -OCH3 is 1. The Balaban J connectivity index is 1.56. The molecule has 2 N–H and O–H groups in total. The number of sulfonamides is 1. The summed E-state index contributed by atoms with van der Waals surface area (Å²) in [7, 11) is -2.22. The second-order valence-electron chi connectivity index (χ2n) is 6.88. The van der Waals surface area contributed by atoms with E-state index in [1.807, 2.05) is 13.0 Å². The Hall–Kier alpha value is -2.85. The number of carbonyl (C=O) groups is 1. The number of aromatic nitrogens is 1. The standard InChI is InChI=1S/C20H22N4O4S2/c1-3-9-21-20(25)24-10-8-13-11-15(5-7-17(13)24)30(26,27)23-19-22-16-6-4-14(28-2)12-18(16)29-19/h4-7,11-12H,3,8-10H2,1-2H3,(H,21,25)(H,22,23). The van der Waals surface area contributed by atoms with E-state index in [4.69, 9.17) is 4.74 Å². The molecule has 3 aromatic rings. The fourth-order valence-corrected chi connectivity index (χ4v) is 5.51. The fourth-order valence-electron chi connectivity index (χ4n) is 3.33. The van der Waals surface area contributed by atoms with E-state index in [0.29, 0.717) is 35.9 Å². The first-order valence-electron chi connectivity index (χ1n) is 9.57. The van der Waals surface area contributed by atoms with E-state index in [1.165, 1.54) is 17.4 Å². The monoisotopic (exact) mass is 446 g/mol. The summed E-state index contributed by atoms with van der Waals surface area (Å²) in [5, 5.41) is 3.15. The Morgan fingerprint density at radius 3 is 2.87 bits per heavy atom. The molecule has 30 heavy (non-hydrogen) atoms. The lowest BCUT2D eigenvalue weighted by molar-refractivity contribution is 0.247. The van der Waals surface area contributed by atoms with Crippen molar-refractivity contribution in [2.75, 3.05) is 29.8 Å². The van der Waals surface area contributed by atoms with E-state index in [0.717, 1.165) is 22.4 Å². The number of hydrogen-bond donors (Lipinski definition) is 2. The normalized spacial score (nSPS) is 13.3. The summed E-state index contributed by atoms with van der Waals surface area (Å²) < 4.78 is 34.4. The van der Waals surface area contributed by atoms with Gasteiger partial charge in [-0.05, 0) is 54.8 Å². The minimum absolute atomic E-state index is 0.147. The van der Waals surface area contributed by atoms with E-state index >= 15 is 0 Å². The highest BCUT2D eigenvalue weighted by Crippen LogP contribution is 2.33. The molecule has 4 rings (SSSR count). The molecule has 0 spiro atoms.